The van der Waals surface area contributed by atoms with Crippen molar-refractivity contribution in [2.45, 2.75) is 29.6 Å². The monoisotopic (exact) mass is 310 g/mol. The van der Waals surface area contributed by atoms with E-state index >= 15 is 0 Å². The van der Waals surface area contributed by atoms with Crippen LogP contribution in [0.1, 0.15) is 25.3 Å². The van der Waals surface area contributed by atoms with Gasteiger partial charge >= 0.3 is 0 Å². The smallest absolute Gasteiger partial charge is 0.222 e. The molecule has 3 rings (SSSR count). The molecule has 0 fully saturated rings. The lowest BCUT2D eigenvalue weighted by molar-refractivity contribution is 0.865. The third-order valence-corrected chi connectivity index (χ3v) is 4.57. The molecule has 112 valence electrons. The average Bonchev–Trinajstić information content (AvgIpc) is 2.47. The van der Waals surface area contributed by atoms with Crippen LogP contribution in [0.2, 0.25) is 0 Å². The molecule has 0 saturated heterocycles. The molecule has 4 nitrogen and oxygen atoms in total. The van der Waals surface area contributed by atoms with Gasteiger partial charge < -0.3 is 11.5 Å². The van der Waals surface area contributed by atoms with Crippen LogP contribution in [0.25, 0.3) is 10.9 Å². The van der Waals surface area contributed by atoms with Crippen molar-refractivity contribution in [3.8, 4) is 0 Å². The van der Waals surface area contributed by atoms with Crippen LogP contribution in [0, 0.1) is 0 Å². The number of hydrogen-bond acceptors (Lipinski definition) is 5. The van der Waals surface area contributed by atoms with Gasteiger partial charge in [-0.25, -0.2) is 4.98 Å². The summed E-state index contributed by atoms with van der Waals surface area (Å²) < 4.78 is 0. The third-order valence-electron chi connectivity index (χ3n) is 3.50. The molecule has 0 saturated carbocycles. The van der Waals surface area contributed by atoms with E-state index in [2.05, 4.69) is 48.1 Å². The molecule has 0 bridgehead atoms. The number of rotatable bonds is 3. The first-order chi connectivity index (χ1) is 10.5. The number of aromatic nitrogens is 2. The molecule has 0 radical (unpaired) electrons. The Balaban J connectivity index is 2.00. The van der Waals surface area contributed by atoms with Crippen LogP contribution in [0.5, 0.6) is 0 Å². The number of nitrogens with zero attached hydrogens (tertiary/aromatic N) is 2. The summed E-state index contributed by atoms with van der Waals surface area (Å²) in [6, 6.07) is 14.5. The molecule has 0 unspecified atom stereocenters. The zero-order valence-electron chi connectivity index (χ0n) is 12.6. The Labute approximate surface area is 134 Å². The van der Waals surface area contributed by atoms with Crippen molar-refractivity contribution in [3.63, 3.8) is 0 Å². The van der Waals surface area contributed by atoms with Crippen LogP contribution >= 0.6 is 11.8 Å². The molecule has 1 heterocycles. The Hall–Kier alpha value is -2.27. The standard InChI is InChI=1S/C17H18N4S/c1-10(2)11-6-8-12(9-7-11)22-14-5-3-4-13-15(14)16(18)21-17(19)20-13/h3-10H,1-2H3,(H4,18,19,20,21). The van der Waals surface area contributed by atoms with Crippen LogP contribution in [0.3, 0.4) is 0 Å². The van der Waals surface area contributed by atoms with E-state index in [1.807, 2.05) is 18.2 Å². The van der Waals surface area contributed by atoms with E-state index in [4.69, 9.17) is 11.5 Å². The van der Waals surface area contributed by atoms with E-state index < -0.39 is 0 Å². The molecule has 0 spiro atoms. The summed E-state index contributed by atoms with van der Waals surface area (Å²) in [7, 11) is 0. The molecule has 3 aromatic rings. The molecular weight excluding hydrogens is 292 g/mol. The van der Waals surface area contributed by atoms with Gasteiger partial charge in [-0.2, -0.15) is 4.98 Å². The summed E-state index contributed by atoms with van der Waals surface area (Å²) in [4.78, 5) is 10.5. The van der Waals surface area contributed by atoms with Crippen molar-refractivity contribution < 1.29 is 0 Å². The first kappa shape index (κ1) is 14.7. The third kappa shape index (κ3) is 2.85. The van der Waals surface area contributed by atoms with Gasteiger partial charge in [0.15, 0.2) is 0 Å². The first-order valence-corrected chi connectivity index (χ1v) is 7.96. The fourth-order valence-corrected chi connectivity index (χ4v) is 3.31. The molecule has 22 heavy (non-hydrogen) atoms. The average molecular weight is 310 g/mol. The van der Waals surface area contributed by atoms with E-state index in [1.165, 1.54) is 5.56 Å². The summed E-state index contributed by atoms with van der Waals surface area (Å²) in [5.41, 5.74) is 13.8. The zero-order valence-corrected chi connectivity index (χ0v) is 13.4. The number of nitrogens with two attached hydrogens (primary N) is 2. The van der Waals surface area contributed by atoms with Crippen molar-refractivity contribution in [2.24, 2.45) is 0 Å². The van der Waals surface area contributed by atoms with Crippen LogP contribution in [0.4, 0.5) is 11.8 Å². The maximum absolute atomic E-state index is 6.03. The van der Waals surface area contributed by atoms with Crippen molar-refractivity contribution in [1.29, 1.82) is 0 Å². The van der Waals surface area contributed by atoms with Gasteiger partial charge in [0.05, 0.1) is 10.9 Å². The summed E-state index contributed by atoms with van der Waals surface area (Å²) in [5.74, 6) is 1.15. The highest BCUT2D eigenvalue weighted by Gasteiger charge is 2.10. The Morgan fingerprint density at radius 3 is 2.36 bits per heavy atom. The highest BCUT2D eigenvalue weighted by atomic mass is 32.2. The van der Waals surface area contributed by atoms with Crippen LogP contribution in [0.15, 0.2) is 52.3 Å². The Morgan fingerprint density at radius 1 is 0.955 bits per heavy atom. The Kier molecular flexibility index (Phi) is 3.90. The number of nitrogen functional groups attached to an aromatic ring is 2. The van der Waals surface area contributed by atoms with Gasteiger partial charge in [0.2, 0.25) is 5.95 Å². The molecule has 0 aliphatic carbocycles. The van der Waals surface area contributed by atoms with Crippen LogP contribution in [-0.2, 0) is 0 Å². The molecule has 4 N–H and O–H groups in total. The fourth-order valence-electron chi connectivity index (χ4n) is 2.33. The number of hydrogen-bond donors (Lipinski definition) is 2. The van der Waals surface area contributed by atoms with Gasteiger partial charge in [0.25, 0.3) is 0 Å². The molecule has 0 atom stereocenters. The highest BCUT2D eigenvalue weighted by Crippen LogP contribution is 2.35. The van der Waals surface area contributed by atoms with E-state index in [1.54, 1.807) is 11.8 Å². The normalized spacial score (nSPS) is 11.2. The van der Waals surface area contributed by atoms with Crippen molar-refractivity contribution >= 4 is 34.4 Å². The lowest BCUT2D eigenvalue weighted by atomic mass is 10.0. The Morgan fingerprint density at radius 2 is 1.68 bits per heavy atom. The number of benzene rings is 2. The van der Waals surface area contributed by atoms with Crippen molar-refractivity contribution in [3.05, 3.63) is 48.0 Å². The minimum Gasteiger partial charge on any atom is -0.383 e. The van der Waals surface area contributed by atoms with Crippen LogP contribution in [-0.4, -0.2) is 9.97 Å². The van der Waals surface area contributed by atoms with Gasteiger partial charge in [-0.1, -0.05) is 43.8 Å². The number of fused-ring (bicyclic) bond motifs is 1. The van der Waals surface area contributed by atoms with Crippen molar-refractivity contribution in [1.82, 2.24) is 9.97 Å². The van der Waals surface area contributed by atoms with E-state index in [0.29, 0.717) is 11.7 Å². The predicted octanol–water partition coefficient (Wildman–Crippen LogP) is 4.07. The molecular formula is C17H18N4S. The fraction of sp³-hybridized carbons (Fsp3) is 0.176. The largest absolute Gasteiger partial charge is 0.383 e. The van der Waals surface area contributed by atoms with Gasteiger partial charge in [0, 0.05) is 9.79 Å². The second kappa shape index (κ2) is 5.85. The van der Waals surface area contributed by atoms with E-state index in [0.717, 1.165) is 20.7 Å². The molecule has 1 aromatic heterocycles. The van der Waals surface area contributed by atoms with E-state index in [-0.39, 0.29) is 5.95 Å². The quantitative estimate of drug-likeness (QED) is 0.762. The molecule has 2 aromatic carbocycles. The lowest BCUT2D eigenvalue weighted by Gasteiger charge is -2.10. The van der Waals surface area contributed by atoms with Gasteiger partial charge in [-0.15, -0.1) is 0 Å². The van der Waals surface area contributed by atoms with E-state index in [9.17, 15) is 0 Å². The molecule has 0 aliphatic heterocycles. The summed E-state index contributed by atoms with van der Waals surface area (Å²) in [6.45, 7) is 4.38. The highest BCUT2D eigenvalue weighted by molar-refractivity contribution is 7.99. The SMILES string of the molecule is CC(C)c1ccc(Sc2cccc3nc(N)nc(N)c23)cc1. The zero-order chi connectivity index (χ0) is 15.7. The summed E-state index contributed by atoms with van der Waals surface area (Å²) in [6.07, 6.45) is 0. The van der Waals surface area contributed by atoms with Gasteiger partial charge in [-0.3, -0.25) is 0 Å². The van der Waals surface area contributed by atoms with Gasteiger partial charge in [-0.05, 0) is 35.7 Å². The lowest BCUT2D eigenvalue weighted by Crippen LogP contribution is -2.01. The first-order valence-electron chi connectivity index (χ1n) is 7.14. The van der Waals surface area contributed by atoms with Gasteiger partial charge in [0.1, 0.15) is 5.82 Å². The predicted molar refractivity (Wildman–Crippen MR) is 93.0 cm³/mol. The van der Waals surface area contributed by atoms with Crippen LogP contribution < -0.4 is 11.5 Å². The maximum Gasteiger partial charge on any atom is 0.222 e. The number of anilines is 2. The minimum atomic E-state index is 0.202. The topological polar surface area (TPSA) is 77.8 Å². The summed E-state index contributed by atoms with van der Waals surface area (Å²) in [5, 5.41) is 0.856. The summed E-state index contributed by atoms with van der Waals surface area (Å²) >= 11 is 1.66. The van der Waals surface area contributed by atoms with Crippen molar-refractivity contribution in [2.75, 3.05) is 11.5 Å². The molecule has 5 heteroatoms. The maximum atomic E-state index is 6.03. The second-order valence-corrected chi connectivity index (χ2v) is 6.56. The Bertz CT molecular complexity index is 813. The second-order valence-electron chi connectivity index (χ2n) is 5.44. The molecule has 0 amide bonds. The molecule has 0 aliphatic rings. The minimum absolute atomic E-state index is 0.202.